The monoisotopic (exact) mass is 245 g/mol. The number of anilines is 1. The Morgan fingerprint density at radius 3 is 2.53 bits per heavy atom. The molecule has 4 nitrogen and oxygen atoms in total. The Morgan fingerprint density at radius 2 is 1.88 bits per heavy atom. The number of pyridine rings is 2. The lowest BCUT2D eigenvalue weighted by atomic mass is 10.4. The van der Waals surface area contributed by atoms with Gasteiger partial charge in [0.2, 0.25) is 5.91 Å². The van der Waals surface area contributed by atoms with Crippen molar-refractivity contribution in [2.75, 3.05) is 11.1 Å². The predicted octanol–water partition coefficient (Wildman–Crippen LogP) is 2.21. The van der Waals surface area contributed by atoms with Crippen molar-refractivity contribution < 1.29 is 4.79 Å². The summed E-state index contributed by atoms with van der Waals surface area (Å²) in [6.07, 6.45) is 3.35. The van der Waals surface area contributed by atoms with Crippen LogP contribution in [0.2, 0.25) is 0 Å². The normalized spacial score (nSPS) is 9.88. The highest BCUT2D eigenvalue weighted by Gasteiger charge is 2.04. The second kappa shape index (κ2) is 6.00. The largest absolute Gasteiger partial charge is 0.310 e. The van der Waals surface area contributed by atoms with Gasteiger partial charge in [-0.25, -0.2) is 9.97 Å². The maximum absolute atomic E-state index is 11.6. The minimum atomic E-state index is -0.0839. The molecule has 0 aliphatic rings. The molecule has 0 saturated heterocycles. The van der Waals surface area contributed by atoms with Crippen LogP contribution < -0.4 is 5.32 Å². The van der Waals surface area contributed by atoms with E-state index in [-0.39, 0.29) is 5.91 Å². The molecule has 2 rings (SSSR count). The van der Waals surface area contributed by atoms with Crippen molar-refractivity contribution in [3.05, 3.63) is 48.8 Å². The first-order chi connectivity index (χ1) is 8.34. The van der Waals surface area contributed by atoms with Gasteiger partial charge in [-0.1, -0.05) is 23.9 Å². The number of carbonyl (C=O) groups is 1. The summed E-state index contributed by atoms with van der Waals surface area (Å²) in [7, 11) is 0. The first-order valence-electron chi connectivity index (χ1n) is 5.09. The highest BCUT2D eigenvalue weighted by molar-refractivity contribution is 7.99. The van der Waals surface area contributed by atoms with Gasteiger partial charge in [-0.3, -0.25) is 4.79 Å². The Bertz CT molecular complexity index is 476. The molecule has 0 spiro atoms. The van der Waals surface area contributed by atoms with Crippen molar-refractivity contribution in [2.45, 2.75) is 5.03 Å². The number of rotatable bonds is 4. The summed E-state index contributed by atoms with van der Waals surface area (Å²) in [6, 6.07) is 11.0. The fraction of sp³-hybridized carbons (Fsp3) is 0.0833. The highest BCUT2D eigenvalue weighted by atomic mass is 32.2. The summed E-state index contributed by atoms with van der Waals surface area (Å²) in [4.78, 5) is 19.7. The molecule has 17 heavy (non-hydrogen) atoms. The number of hydrogen-bond acceptors (Lipinski definition) is 4. The third-order valence-electron chi connectivity index (χ3n) is 1.92. The Balaban J connectivity index is 1.83. The molecule has 0 fully saturated rings. The maximum atomic E-state index is 11.6. The van der Waals surface area contributed by atoms with Crippen molar-refractivity contribution in [1.82, 2.24) is 9.97 Å². The lowest BCUT2D eigenvalue weighted by Crippen LogP contribution is -2.14. The highest BCUT2D eigenvalue weighted by Crippen LogP contribution is 2.14. The van der Waals surface area contributed by atoms with E-state index in [9.17, 15) is 4.79 Å². The molecule has 2 heterocycles. The smallest absolute Gasteiger partial charge is 0.235 e. The average Bonchev–Trinajstić information content (AvgIpc) is 2.39. The first kappa shape index (κ1) is 11.6. The number of aromatic nitrogens is 2. The first-order valence-corrected chi connectivity index (χ1v) is 6.08. The van der Waals surface area contributed by atoms with E-state index in [1.807, 2.05) is 24.3 Å². The summed E-state index contributed by atoms with van der Waals surface area (Å²) >= 11 is 1.40. The second-order valence-electron chi connectivity index (χ2n) is 3.22. The van der Waals surface area contributed by atoms with Crippen molar-refractivity contribution in [3.8, 4) is 0 Å². The lowest BCUT2D eigenvalue weighted by Gasteiger charge is -2.03. The third-order valence-corrected chi connectivity index (χ3v) is 2.87. The van der Waals surface area contributed by atoms with Gasteiger partial charge in [0, 0.05) is 12.4 Å². The number of amides is 1. The Labute approximate surface area is 103 Å². The summed E-state index contributed by atoms with van der Waals surface area (Å²) in [5.41, 5.74) is 0. The zero-order valence-electron chi connectivity index (χ0n) is 9.04. The number of nitrogens with one attached hydrogen (secondary N) is 1. The second-order valence-corrected chi connectivity index (χ2v) is 4.22. The molecule has 2 aromatic heterocycles. The van der Waals surface area contributed by atoms with Gasteiger partial charge in [-0.05, 0) is 24.3 Å². The Hall–Kier alpha value is -1.88. The van der Waals surface area contributed by atoms with E-state index in [0.29, 0.717) is 11.6 Å². The number of hydrogen-bond donors (Lipinski definition) is 1. The van der Waals surface area contributed by atoms with Crippen molar-refractivity contribution >= 4 is 23.5 Å². The quantitative estimate of drug-likeness (QED) is 0.839. The van der Waals surface area contributed by atoms with E-state index in [0.717, 1.165) is 5.03 Å². The molecule has 5 heteroatoms. The molecule has 0 aromatic carbocycles. The summed E-state index contributed by atoms with van der Waals surface area (Å²) in [5, 5.41) is 3.55. The fourth-order valence-electron chi connectivity index (χ4n) is 1.19. The number of carbonyl (C=O) groups excluding carboxylic acids is 1. The van der Waals surface area contributed by atoms with E-state index in [4.69, 9.17) is 0 Å². The standard InChI is InChI=1S/C12H11N3OS/c16-11(15-10-5-1-3-7-13-10)9-17-12-6-2-4-8-14-12/h1-8H,9H2,(H,13,15,16). The van der Waals surface area contributed by atoms with Crippen LogP contribution in [0.1, 0.15) is 0 Å². The molecule has 0 radical (unpaired) electrons. The van der Waals surface area contributed by atoms with Crippen LogP contribution >= 0.6 is 11.8 Å². The van der Waals surface area contributed by atoms with Gasteiger partial charge >= 0.3 is 0 Å². The maximum Gasteiger partial charge on any atom is 0.235 e. The van der Waals surface area contributed by atoms with Crippen LogP contribution in [-0.4, -0.2) is 21.6 Å². The van der Waals surface area contributed by atoms with Crippen LogP contribution in [0.5, 0.6) is 0 Å². The molecule has 0 unspecified atom stereocenters. The zero-order valence-corrected chi connectivity index (χ0v) is 9.85. The van der Waals surface area contributed by atoms with Crippen LogP contribution in [0, 0.1) is 0 Å². The van der Waals surface area contributed by atoms with E-state index in [1.54, 1.807) is 24.5 Å². The molecule has 86 valence electrons. The molecule has 0 aliphatic heterocycles. The van der Waals surface area contributed by atoms with Crippen LogP contribution in [0.25, 0.3) is 0 Å². The van der Waals surface area contributed by atoms with Crippen molar-refractivity contribution in [2.24, 2.45) is 0 Å². The molecule has 1 N–H and O–H groups in total. The van der Waals surface area contributed by atoms with Gasteiger partial charge in [0.1, 0.15) is 5.82 Å². The third kappa shape index (κ3) is 3.88. The lowest BCUT2D eigenvalue weighted by molar-refractivity contribution is -0.113. The van der Waals surface area contributed by atoms with E-state index >= 15 is 0 Å². The average molecular weight is 245 g/mol. The minimum Gasteiger partial charge on any atom is -0.310 e. The van der Waals surface area contributed by atoms with Gasteiger partial charge in [-0.2, -0.15) is 0 Å². The van der Waals surface area contributed by atoms with E-state index in [2.05, 4.69) is 15.3 Å². The Kier molecular flexibility index (Phi) is 4.10. The summed E-state index contributed by atoms with van der Waals surface area (Å²) < 4.78 is 0. The van der Waals surface area contributed by atoms with E-state index < -0.39 is 0 Å². The SMILES string of the molecule is O=C(CSc1ccccn1)Nc1ccccn1. The molecular formula is C12H11N3OS. The molecule has 2 aromatic rings. The van der Waals surface area contributed by atoms with Crippen LogP contribution in [0.3, 0.4) is 0 Å². The van der Waals surface area contributed by atoms with Gasteiger partial charge < -0.3 is 5.32 Å². The van der Waals surface area contributed by atoms with E-state index in [1.165, 1.54) is 11.8 Å². The zero-order chi connectivity index (χ0) is 11.9. The molecule has 0 atom stereocenters. The predicted molar refractivity (Wildman–Crippen MR) is 67.8 cm³/mol. The summed E-state index contributed by atoms with van der Waals surface area (Å²) in [6.45, 7) is 0. The topological polar surface area (TPSA) is 54.9 Å². The molecule has 0 bridgehead atoms. The van der Waals surface area contributed by atoms with Gasteiger partial charge in [0.15, 0.2) is 0 Å². The number of nitrogens with zero attached hydrogens (tertiary/aromatic N) is 2. The van der Waals surface area contributed by atoms with Crippen LogP contribution in [0.4, 0.5) is 5.82 Å². The molecular weight excluding hydrogens is 234 g/mol. The minimum absolute atomic E-state index is 0.0839. The van der Waals surface area contributed by atoms with Gasteiger partial charge in [0.05, 0.1) is 10.8 Å². The van der Waals surface area contributed by atoms with Crippen LogP contribution in [0.15, 0.2) is 53.8 Å². The Morgan fingerprint density at radius 1 is 1.12 bits per heavy atom. The molecule has 0 saturated carbocycles. The van der Waals surface area contributed by atoms with Crippen molar-refractivity contribution in [3.63, 3.8) is 0 Å². The number of thioether (sulfide) groups is 1. The van der Waals surface area contributed by atoms with Gasteiger partial charge in [0.25, 0.3) is 0 Å². The summed E-state index contributed by atoms with van der Waals surface area (Å²) in [5.74, 6) is 0.812. The van der Waals surface area contributed by atoms with Gasteiger partial charge in [-0.15, -0.1) is 0 Å². The molecule has 0 aliphatic carbocycles. The van der Waals surface area contributed by atoms with Crippen molar-refractivity contribution in [1.29, 1.82) is 0 Å². The van der Waals surface area contributed by atoms with Crippen LogP contribution in [-0.2, 0) is 4.79 Å². The molecule has 1 amide bonds. The fourth-order valence-corrected chi connectivity index (χ4v) is 1.85.